The fraction of sp³-hybridized carbons (Fsp3) is 0.167. The van der Waals surface area contributed by atoms with Crippen molar-refractivity contribution in [3.05, 3.63) is 36.4 Å². The van der Waals surface area contributed by atoms with Crippen molar-refractivity contribution in [1.82, 2.24) is 9.97 Å². The highest BCUT2D eigenvalue weighted by molar-refractivity contribution is 5.83. The van der Waals surface area contributed by atoms with Crippen molar-refractivity contribution >= 4 is 11.6 Å². The van der Waals surface area contributed by atoms with Gasteiger partial charge in [-0.3, -0.25) is 0 Å². The molecule has 1 heterocycles. The third kappa shape index (κ3) is 3.03. The molecular weight excluding hydrogens is 320 g/mol. The molecule has 0 saturated heterocycles. The van der Waals surface area contributed by atoms with Crippen LogP contribution in [-0.2, 0) is 0 Å². The molecule has 0 spiro atoms. The summed E-state index contributed by atoms with van der Waals surface area (Å²) < 4.78 is 16.2. The molecule has 0 atom stereocenters. The summed E-state index contributed by atoms with van der Waals surface area (Å²) in [5, 5.41) is 0. The van der Waals surface area contributed by atoms with E-state index in [2.05, 4.69) is 9.97 Å². The lowest BCUT2D eigenvalue weighted by Crippen LogP contribution is -1.96. The number of nitrogens with two attached hydrogens (primary N) is 2. The molecule has 2 aromatic carbocycles. The zero-order valence-electron chi connectivity index (χ0n) is 14.3. The standard InChI is InChI=1S/C18H20N4O3/c1-23-13-8-11(9-14(24-2)17(13)25-3)16-15(21-18(20)22-16)10-5-4-6-12(19)7-10/h4-9H,19H2,1-3H3,(H3,20,21,22). The summed E-state index contributed by atoms with van der Waals surface area (Å²) in [7, 11) is 4.70. The molecule has 5 N–H and O–H groups in total. The van der Waals surface area contributed by atoms with Crippen LogP contribution in [0.5, 0.6) is 17.2 Å². The van der Waals surface area contributed by atoms with E-state index in [9.17, 15) is 0 Å². The molecular formula is C18H20N4O3. The number of ether oxygens (including phenoxy) is 3. The number of H-pyrrole nitrogens is 1. The van der Waals surface area contributed by atoms with Gasteiger partial charge in [-0.15, -0.1) is 0 Å². The molecule has 1 aromatic heterocycles. The van der Waals surface area contributed by atoms with E-state index in [4.69, 9.17) is 25.7 Å². The van der Waals surface area contributed by atoms with Gasteiger partial charge in [0, 0.05) is 16.8 Å². The van der Waals surface area contributed by atoms with Crippen LogP contribution < -0.4 is 25.7 Å². The molecule has 3 rings (SSSR count). The Morgan fingerprint density at radius 1 is 0.880 bits per heavy atom. The first-order valence-corrected chi connectivity index (χ1v) is 7.59. The van der Waals surface area contributed by atoms with E-state index in [0.29, 0.717) is 34.6 Å². The minimum absolute atomic E-state index is 0.307. The van der Waals surface area contributed by atoms with Crippen molar-refractivity contribution in [3.8, 4) is 39.8 Å². The Labute approximate surface area is 145 Å². The van der Waals surface area contributed by atoms with Crippen LogP contribution in [0, 0.1) is 0 Å². The van der Waals surface area contributed by atoms with E-state index in [0.717, 1.165) is 16.8 Å². The van der Waals surface area contributed by atoms with Crippen LogP contribution in [-0.4, -0.2) is 31.3 Å². The van der Waals surface area contributed by atoms with Crippen LogP contribution in [0.25, 0.3) is 22.5 Å². The molecule has 7 nitrogen and oxygen atoms in total. The fourth-order valence-corrected chi connectivity index (χ4v) is 2.72. The summed E-state index contributed by atoms with van der Waals surface area (Å²) in [5.41, 5.74) is 15.5. The van der Waals surface area contributed by atoms with Gasteiger partial charge in [0.1, 0.15) is 0 Å². The quantitative estimate of drug-likeness (QED) is 0.616. The second kappa shape index (κ2) is 6.64. The van der Waals surface area contributed by atoms with Gasteiger partial charge in [0.2, 0.25) is 5.75 Å². The number of nitrogens with one attached hydrogen (secondary N) is 1. The van der Waals surface area contributed by atoms with E-state index in [-0.39, 0.29) is 0 Å². The molecule has 0 bridgehead atoms. The molecule has 3 aromatic rings. The number of benzene rings is 2. The predicted molar refractivity (Wildman–Crippen MR) is 97.9 cm³/mol. The normalized spacial score (nSPS) is 10.5. The number of rotatable bonds is 5. The second-order valence-corrected chi connectivity index (χ2v) is 5.39. The van der Waals surface area contributed by atoms with Crippen LogP contribution >= 0.6 is 0 Å². The van der Waals surface area contributed by atoms with Crippen molar-refractivity contribution in [2.75, 3.05) is 32.8 Å². The Kier molecular flexibility index (Phi) is 4.38. The van der Waals surface area contributed by atoms with Crippen LogP contribution in [0.2, 0.25) is 0 Å². The molecule has 0 amide bonds. The predicted octanol–water partition coefficient (Wildman–Crippen LogP) is 2.93. The van der Waals surface area contributed by atoms with Crippen molar-refractivity contribution in [2.24, 2.45) is 0 Å². The highest BCUT2D eigenvalue weighted by Crippen LogP contribution is 2.42. The first-order valence-electron chi connectivity index (χ1n) is 7.59. The van der Waals surface area contributed by atoms with Crippen molar-refractivity contribution in [1.29, 1.82) is 0 Å². The topological polar surface area (TPSA) is 108 Å². The zero-order chi connectivity index (χ0) is 18.0. The van der Waals surface area contributed by atoms with E-state index in [1.54, 1.807) is 21.3 Å². The van der Waals surface area contributed by atoms with Crippen molar-refractivity contribution < 1.29 is 14.2 Å². The van der Waals surface area contributed by atoms with Crippen LogP contribution in [0.15, 0.2) is 36.4 Å². The Morgan fingerprint density at radius 3 is 2.12 bits per heavy atom. The number of hydrogen-bond donors (Lipinski definition) is 3. The first kappa shape index (κ1) is 16.5. The largest absolute Gasteiger partial charge is 0.493 e. The number of imidazole rings is 1. The van der Waals surface area contributed by atoms with Crippen LogP contribution in [0.4, 0.5) is 11.6 Å². The molecule has 25 heavy (non-hydrogen) atoms. The molecule has 130 valence electrons. The second-order valence-electron chi connectivity index (χ2n) is 5.39. The maximum absolute atomic E-state index is 5.90. The molecule has 0 aliphatic carbocycles. The smallest absolute Gasteiger partial charge is 0.203 e. The Morgan fingerprint density at radius 2 is 1.56 bits per heavy atom. The summed E-state index contributed by atoms with van der Waals surface area (Å²) in [6.45, 7) is 0. The first-order chi connectivity index (χ1) is 12.1. The van der Waals surface area contributed by atoms with Crippen LogP contribution in [0.1, 0.15) is 0 Å². The third-order valence-electron chi connectivity index (χ3n) is 3.84. The highest BCUT2D eigenvalue weighted by atomic mass is 16.5. The lowest BCUT2D eigenvalue weighted by molar-refractivity contribution is 0.324. The van der Waals surface area contributed by atoms with Crippen molar-refractivity contribution in [3.63, 3.8) is 0 Å². The Bertz CT molecular complexity index is 880. The zero-order valence-corrected chi connectivity index (χ0v) is 14.3. The maximum atomic E-state index is 5.90. The molecule has 7 heteroatoms. The number of nitrogens with zero attached hydrogens (tertiary/aromatic N) is 1. The van der Waals surface area contributed by atoms with E-state index in [1.807, 2.05) is 36.4 Å². The number of aromatic amines is 1. The molecule has 0 unspecified atom stereocenters. The third-order valence-corrected chi connectivity index (χ3v) is 3.84. The van der Waals surface area contributed by atoms with Crippen molar-refractivity contribution in [2.45, 2.75) is 0 Å². The van der Waals surface area contributed by atoms with Gasteiger partial charge in [0.25, 0.3) is 0 Å². The molecule has 0 aliphatic heterocycles. The van der Waals surface area contributed by atoms with Gasteiger partial charge in [-0.25, -0.2) is 4.98 Å². The van der Waals surface area contributed by atoms with E-state index < -0.39 is 0 Å². The lowest BCUT2D eigenvalue weighted by atomic mass is 10.0. The Hall–Kier alpha value is -3.35. The van der Waals surface area contributed by atoms with Gasteiger partial charge in [-0.2, -0.15) is 0 Å². The minimum atomic E-state index is 0.307. The summed E-state index contributed by atoms with van der Waals surface area (Å²) in [6, 6.07) is 11.1. The summed E-state index contributed by atoms with van der Waals surface area (Å²) >= 11 is 0. The molecule has 0 saturated carbocycles. The van der Waals surface area contributed by atoms with Gasteiger partial charge < -0.3 is 30.7 Å². The van der Waals surface area contributed by atoms with Gasteiger partial charge >= 0.3 is 0 Å². The Balaban J connectivity index is 2.21. The van der Waals surface area contributed by atoms with Gasteiger partial charge in [0.15, 0.2) is 17.4 Å². The van der Waals surface area contributed by atoms with Crippen LogP contribution in [0.3, 0.4) is 0 Å². The summed E-state index contributed by atoms with van der Waals surface area (Å²) in [6.07, 6.45) is 0. The fourth-order valence-electron chi connectivity index (χ4n) is 2.72. The minimum Gasteiger partial charge on any atom is -0.493 e. The molecule has 0 radical (unpaired) electrons. The highest BCUT2D eigenvalue weighted by Gasteiger charge is 2.19. The van der Waals surface area contributed by atoms with E-state index >= 15 is 0 Å². The number of methoxy groups -OCH3 is 3. The number of hydrogen-bond acceptors (Lipinski definition) is 6. The van der Waals surface area contributed by atoms with Gasteiger partial charge in [0.05, 0.1) is 32.7 Å². The average Bonchev–Trinajstić information content (AvgIpc) is 3.02. The number of anilines is 2. The van der Waals surface area contributed by atoms with E-state index in [1.165, 1.54) is 0 Å². The SMILES string of the molecule is COc1cc(-c2nc(N)[nH]c2-c2cccc(N)c2)cc(OC)c1OC. The maximum Gasteiger partial charge on any atom is 0.203 e. The van der Waals surface area contributed by atoms with Gasteiger partial charge in [-0.1, -0.05) is 12.1 Å². The molecule has 0 aliphatic rings. The summed E-state index contributed by atoms with van der Waals surface area (Å²) in [5.74, 6) is 1.90. The lowest BCUT2D eigenvalue weighted by Gasteiger charge is -2.14. The molecule has 0 fully saturated rings. The number of aromatic nitrogens is 2. The summed E-state index contributed by atoms with van der Waals surface area (Å²) in [4.78, 5) is 7.51. The monoisotopic (exact) mass is 340 g/mol. The number of nitrogen functional groups attached to an aromatic ring is 2. The average molecular weight is 340 g/mol. The van der Waals surface area contributed by atoms with Gasteiger partial charge in [-0.05, 0) is 24.3 Å².